The van der Waals surface area contributed by atoms with Gasteiger partial charge in [-0.3, -0.25) is 4.79 Å². The summed E-state index contributed by atoms with van der Waals surface area (Å²) in [5.41, 5.74) is 0.201. The van der Waals surface area contributed by atoms with Gasteiger partial charge in [-0.05, 0) is 30.9 Å². The number of ether oxygens (including phenoxy) is 3. The van der Waals surface area contributed by atoms with Gasteiger partial charge < -0.3 is 14.2 Å². The third-order valence-electron chi connectivity index (χ3n) is 5.51. The van der Waals surface area contributed by atoms with Crippen LogP contribution in [0.4, 0.5) is 0 Å². The molecule has 0 bridgehead atoms. The number of esters is 1. The first-order valence-corrected chi connectivity index (χ1v) is 10.6. The molecule has 0 radical (unpaired) electrons. The molecule has 5 nitrogen and oxygen atoms in total. The van der Waals surface area contributed by atoms with Crippen molar-refractivity contribution in [2.45, 2.75) is 70.6 Å². The minimum Gasteiger partial charge on any atom is -0.497 e. The molecule has 156 valence electrons. The minimum absolute atomic E-state index is 0.201. The van der Waals surface area contributed by atoms with Crippen LogP contribution in [0, 0.1) is 5.92 Å². The Labute approximate surface area is 168 Å². The maximum absolute atomic E-state index is 12.5. The van der Waals surface area contributed by atoms with Gasteiger partial charge in [0.2, 0.25) is 0 Å². The first-order chi connectivity index (χ1) is 13.7. The average molecular weight is 391 g/mol. The van der Waals surface area contributed by atoms with E-state index in [1.54, 1.807) is 12.1 Å². The van der Waals surface area contributed by atoms with E-state index in [1.807, 2.05) is 0 Å². The molecule has 0 aliphatic heterocycles. The number of Topliss-reactive ketones (excluding diaryl/α,β-unsaturated/α-hetero) is 1. The van der Waals surface area contributed by atoms with Crippen molar-refractivity contribution in [1.82, 2.24) is 0 Å². The summed E-state index contributed by atoms with van der Waals surface area (Å²) in [5, 5.41) is 0. The molecule has 0 spiro atoms. The highest BCUT2D eigenvalue weighted by Crippen LogP contribution is 2.26. The standard InChI is InChI=1S/C23H34O5/c1-26-19-14-15-20(21(16-19)27-2)22(24)23(25)28-17-18-12-10-8-6-4-3-5-7-9-11-13-18/h14-16,18H,3-13,17H2,1-2H3. The van der Waals surface area contributed by atoms with E-state index in [2.05, 4.69) is 0 Å². The van der Waals surface area contributed by atoms with Gasteiger partial charge in [0.1, 0.15) is 11.5 Å². The Hall–Kier alpha value is -2.04. The molecule has 0 saturated heterocycles. The number of hydrogen-bond acceptors (Lipinski definition) is 5. The predicted octanol–water partition coefficient (Wildman–Crippen LogP) is 5.35. The Bertz CT molecular complexity index is 613. The number of methoxy groups -OCH3 is 2. The molecule has 1 saturated carbocycles. The molecule has 0 atom stereocenters. The third-order valence-corrected chi connectivity index (χ3v) is 5.51. The van der Waals surface area contributed by atoms with E-state index in [4.69, 9.17) is 14.2 Å². The van der Waals surface area contributed by atoms with E-state index in [0.717, 1.165) is 12.8 Å². The van der Waals surface area contributed by atoms with Crippen molar-refractivity contribution in [2.24, 2.45) is 5.92 Å². The normalized spacial score (nSPS) is 17.1. The number of rotatable bonds is 6. The van der Waals surface area contributed by atoms with Gasteiger partial charge in [-0.2, -0.15) is 0 Å². The Morgan fingerprint density at radius 1 is 0.857 bits per heavy atom. The number of benzene rings is 1. The Balaban J connectivity index is 1.90. The molecule has 5 heteroatoms. The van der Waals surface area contributed by atoms with Gasteiger partial charge in [0, 0.05) is 6.07 Å². The Morgan fingerprint density at radius 3 is 1.96 bits per heavy atom. The molecule has 1 fully saturated rings. The topological polar surface area (TPSA) is 61.8 Å². The smallest absolute Gasteiger partial charge is 0.379 e. The molecule has 1 aromatic carbocycles. The summed E-state index contributed by atoms with van der Waals surface area (Å²) >= 11 is 0. The maximum Gasteiger partial charge on any atom is 0.379 e. The van der Waals surface area contributed by atoms with Crippen molar-refractivity contribution >= 4 is 11.8 Å². The summed E-state index contributed by atoms with van der Waals surface area (Å²) in [6, 6.07) is 4.76. The fourth-order valence-corrected chi connectivity index (χ4v) is 3.77. The predicted molar refractivity (Wildman–Crippen MR) is 109 cm³/mol. The summed E-state index contributed by atoms with van der Waals surface area (Å²) in [5.74, 6) is -0.265. The van der Waals surface area contributed by atoms with Crippen LogP contribution in [0.1, 0.15) is 81.0 Å². The molecule has 1 aromatic rings. The van der Waals surface area contributed by atoms with Gasteiger partial charge >= 0.3 is 5.97 Å². The molecule has 2 rings (SSSR count). The quantitative estimate of drug-likeness (QED) is 0.372. The lowest BCUT2D eigenvalue weighted by Crippen LogP contribution is -2.22. The third kappa shape index (κ3) is 7.17. The van der Waals surface area contributed by atoms with Crippen molar-refractivity contribution in [3.05, 3.63) is 23.8 Å². The highest BCUT2D eigenvalue weighted by molar-refractivity contribution is 6.41. The van der Waals surface area contributed by atoms with E-state index in [0.29, 0.717) is 24.0 Å². The first-order valence-electron chi connectivity index (χ1n) is 10.6. The van der Waals surface area contributed by atoms with Crippen molar-refractivity contribution in [3.8, 4) is 11.5 Å². The van der Waals surface area contributed by atoms with E-state index < -0.39 is 11.8 Å². The van der Waals surface area contributed by atoms with Crippen LogP contribution in [-0.2, 0) is 9.53 Å². The average Bonchev–Trinajstić information content (AvgIpc) is 2.72. The molecule has 0 unspecified atom stereocenters. The van der Waals surface area contributed by atoms with E-state index in [-0.39, 0.29) is 5.56 Å². The Morgan fingerprint density at radius 2 is 1.43 bits per heavy atom. The van der Waals surface area contributed by atoms with E-state index in [1.165, 1.54) is 78.1 Å². The maximum atomic E-state index is 12.5. The first kappa shape index (κ1) is 22.3. The highest BCUT2D eigenvalue weighted by Gasteiger charge is 2.23. The van der Waals surface area contributed by atoms with Crippen LogP contribution in [-0.4, -0.2) is 32.6 Å². The number of hydrogen-bond donors (Lipinski definition) is 0. The second kappa shape index (κ2) is 12.4. The molecular formula is C23H34O5. The fourth-order valence-electron chi connectivity index (χ4n) is 3.77. The van der Waals surface area contributed by atoms with Crippen LogP contribution in [0.5, 0.6) is 11.5 Å². The van der Waals surface area contributed by atoms with Gasteiger partial charge in [0.05, 0.1) is 26.4 Å². The number of carbonyl (C=O) groups is 2. The zero-order valence-corrected chi connectivity index (χ0v) is 17.3. The van der Waals surface area contributed by atoms with Crippen LogP contribution in [0.25, 0.3) is 0 Å². The van der Waals surface area contributed by atoms with Crippen molar-refractivity contribution in [2.75, 3.05) is 20.8 Å². The molecule has 0 N–H and O–H groups in total. The Kier molecular flexibility index (Phi) is 9.87. The SMILES string of the molecule is COc1ccc(C(=O)C(=O)OCC2CCCCCCCCCCC2)c(OC)c1. The molecule has 1 aliphatic rings. The molecule has 0 heterocycles. The lowest BCUT2D eigenvalue weighted by Gasteiger charge is -2.18. The lowest BCUT2D eigenvalue weighted by atomic mass is 9.93. The molecule has 28 heavy (non-hydrogen) atoms. The molecule has 0 amide bonds. The zero-order chi connectivity index (χ0) is 20.2. The summed E-state index contributed by atoms with van der Waals surface area (Å²) in [4.78, 5) is 24.8. The lowest BCUT2D eigenvalue weighted by molar-refractivity contribution is -0.139. The summed E-state index contributed by atoms with van der Waals surface area (Å²) in [7, 11) is 3.00. The molecular weight excluding hydrogens is 356 g/mol. The number of carbonyl (C=O) groups excluding carboxylic acids is 2. The second-order valence-corrected chi connectivity index (χ2v) is 7.62. The van der Waals surface area contributed by atoms with Gasteiger partial charge in [-0.25, -0.2) is 4.79 Å². The van der Waals surface area contributed by atoms with Gasteiger partial charge in [-0.15, -0.1) is 0 Å². The monoisotopic (exact) mass is 390 g/mol. The largest absolute Gasteiger partial charge is 0.497 e. The fraction of sp³-hybridized carbons (Fsp3) is 0.652. The van der Waals surface area contributed by atoms with Crippen LogP contribution in [0.2, 0.25) is 0 Å². The zero-order valence-electron chi connectivity index (χ0n) is 17.3. The van der Waals surface area contributed by atoms with Crippen molar-refractivity contribution in [3.63, 3.8) is 0 Å². The van der Waals surface area contributed by atoms with Gasteiger partial charge in [-0.1, -0.05) is 57.8 Å². The van der Waals surface area contributed by atoms with E-state index in [9.17, 15) is 9.59 Å². The summed E-state index contributed by atoms with van der Waals surface area (Å²) in [6.45, 7) is 0.322. The highest BCUT2D eigenvalue weighted by atomic mass is 16.5. The minimum atomic E-state index is -0.811. The van der Waals surface area contributed by atoms with Gasteiger partial charge in [0.25, 0.3) is 5.78 Å². The van der Waals surface area contributed by atoms with Gasteiger partial charge in [0.15, 0.2) is 0 Å². The van der Waals surface area contributed by atoms with Crippen molar-refractivity contribution in [1.29, 1.82) is 0 Å². The van der Waals surface area contributed by atoms with Crippen LogP contribution in [0.15, 0.2) is 18.2 Å². The van der Waals surface area contributed by atoms with Crippen LogP contribution in [0.3, 0.4) is 0 Å². The number of ketones is 1. The summed E-state index contributed by atoms with van der Waals surface area (Å²) < 4.78 is 15.8. The molecule has 1 aliphatic carbocycles. The van der Waals surface area contributed by atoms with E-state index >= 15 is 0 Å². The van der Waals surface area contributed by atoms with Crippen LogP contribution < -0.4 is 9.47 Å². The second-order valence-electron chi connectivity index (χ2n) is 7.62. The summed E-state index contributed by atoms with van der Waals surface area (Å²) in [6.07, 6.45) is 13.6. The van der Waals surface area contributed by atoms with Crippen LogP contribution >= 0.6 is 0 Å². The van der Waals surface area contributed by atoms with Crippen molar-refractivity contribution < 1.29 is 23.8 Å². The molecule has 0 aromatic heterocycles.